The molecule has 0 saturated heterocycles. The van der Waals surface area contributed by atoms with Gasteiger partial charge in [-0.25, -0.2) is 5.01 Å². The molecule has 17 heavy (non-hydrogen) atoms. The van der Waals surface area contributed by atoms with E-state index in [9.17, 15) is 0 Å². The van der Waals surface area contributed by atoms with Crippen molar-refractivity contribution in [2.24, 2.45) is 0 Å². The summed E-state index contributed by atoms with van der Waals surface area (Å²) in [5, 5.41) is 4.38. The number of benzene rings is 1. The number of hydrazine groups is 1. The van der Waals surface area contributed by atoms with Crippen LogP contribution in [0.5, 0.6) is 0 Å². The topological polar surface area (TPSA) is 9.72 Å². The van der Waals surface area contributed by atoms with Crippen LogP contribution in [0, 0.1) is 0 Å². The predicted molar refractivity (Wildman–Crippen MR) is 72.0 cm³/mol. The number of nitrogens with zero attached hydrogens (tertiary/aromatic N) is 3. The van der Waals surface area contributed by atoms with Crippen molar-refractivity contribution in [1.82, 2.24) is 10.0 Å². The molecule has 1 aliphatic heterocycles. The molecule has 0 fully saturated rings. The third-order valence-electron chi connectivity index (χ3n) is 2.87. The van der Waals surface area contributed by atoms with Gasteiger partial charge in [0.2, 0.25) is 0 Å². The highest BCUT2D eigenvalue weighted by Gasteiger charge is 2.09. The van der Waals surface area contributed by atoms with Crippen LogP contribution in [0.15, 0.2) is 55.1 Å². The van der Waals surface area contributed by atoms with E-state index in [-0.39, 0.29) is 0 Å². The molecule has 1 aromatic rings. The second-order valence-corrected chi connectivity index (χ2v) is 3.86. The molecule has 3 nitrogen and oxygen atoms in total. The molecule has 1 aromatic carbocycles. The highest BCUT2D eigenvalue weighted by molar-refractivity contribution is 5.52. The maximum Gasteiger partial charge on any atom is 0.0450 e. The summed E-state index contributed by atoms with van der Waals surface area (Å²) in [6, 6.07) is 10.3. The first-order chi connectivity index (χ1) is 8.35. The molecule has 0 aromatic heterocycles. The van der Waals surface area contributed by atoms with Crippen molar-refractivity contribution in [1.29, 1.82) is 0 Å². The minimum atomic E-state index is 1.01. The summed E-state index contributed by atoms with van der Waals surface area (Å²) in [5.74, 6) is 0. The Labute approximate surface area is 103 Å². The fraction of sp³-hybridized carbons (Fsp3) is 0.286. The van der Waals surface area contributed by atoms with E-state index in [0.29, 0.717) is 0 Å². The predicted octanol–water partition coefficient (Wildman–Crippen LogP) is 3.01. The Morgan fingerprint density at radius 2 is 1.47 bits per heavy atom. The van der Waals surface area contributed by atoms with Crippen molar-refractivity contribution in [2.45, 2.75) is 13.8 Å². The molecule has 2 rings (SSSR count). The van der Waals surface area contributed by atoms with Crippen LogP contribution < -0.4 is 4.90 Å². The fourth-order valence-electron chi connectivity index (χ4n) is 1.89. The summed E-state index contributed by atoms with van der Waals surface area (Å²) in [5.41, 5.74) is 1.18. The third kappa shape index (κ3) is 2.68. The van der Waals surface area contributed by atoms with E-state index in [1.54, 1.807) is 0 Å². The minimum absolute atomic E-state index is 1.01. The van der Waals surface area contributed by atoms with E-state index in [2.05, 4.69) is 65.7 Å². The Morgan fingerprint density at radius 3 is 2.00 bits per heavy atom. The van der Waals surface area contributed by atoms with Crippen LogP contribution in [0.4, 0.5) is 5.69 Å². The van der Waals surface area contributed by atoms with Crippen LogP contribution >= 0.6 is 0 Å². The molecule has 90 valence electrons. The smallest absolute Gasteiger partial charge is 0.0450 e. The van der Waals surface area contributed by atoms with Gasteiger partial charge in [-0.15, -0.1) is 0 Å². The van der Waals surface area contributed by atoms with Gasteiger partial charge in [-0.1, -0.05) is 32.0 Å². The lowest BCUT2D eigenvalue weighted by Gasteiger charge is -2.33. The molecule has 1 aliphatic rings. The van der Waals surface area contributed by atoms with Gasteiger partial charge in [-0.2, -0.15) is 0 Å². The van der Waals surface area contributed by atoms with Gasteiger partial charge in [-0.05, 0) is 12.1 Å². The van der Waals surface area contributed by atoms with Crippen LogP contribution in [-0.4, -0.2) is 23.1 Å². The number of hydrogen-bond donors (Lipinski definition) is 0. The van der Waals surface area contributed by atoms with E-state index in [4.69, 9.17) is 0 Å². The Balaban J connectivity index is 2.06. The largest absolute Gasteiger partial charge is 0.321 e. The summed E-state index contributed by atoms with van der Waals surface area (Å²) >= 11 is 0. The average Bonchev–Trinajstić information content (AvgIpc) is 2.42. The zero-order valence-electron chi connectivity index (χ0n) is 10.5. The van der Waals surface area contributed by atoms with E-state index < -0.39 is 0 Å². The quantitative estimate of drug-likeness (QED) is 0.785. The van der Waals surface area contributed by atoms with Crippen LogP contribution in [0.25, 0.3) is 0 Å². The fourth-order valence-corrected chi connectivity index (χ4v) is 1.89. The summed E-state index contributed by atoms with van der Waals surface area (Å²) in [6.45, 7) is 6.34. The van der Waals surface area contributed by atoms with Crippen molar-refractivity contribution in [3.63, 3.8) is 0 Å². The summed E-state index contributed by atoms with van der Waals surface area (Å²) in [7, 11) is 0. The SMILES string of the molecule is CCN(CC)N1C=CN(c2ccccc2)C=C1. The zero-order chi connectivity index (χ0) is 12.1. The van der Waals surface area contributed by atoms with Gasteiger partial charge in [0, 0.05) is 43.6 Å². The molecule has 0 unspecified atom stereocenters. The number of hydrogen-bond acceptors (Lipinski definition) is 3. The van der Waals surface area contributed by atoms with Crippen LogP contribution in [-0.2, 0) is 0 Å². The lowest BCUT2D eigenvalue weighted by Crippen LogP contribution is -2.37. The van der Waals surface area contributed by atoms with Gasteiger partial charge >= 0.3 is 0 Å². The highest BCUT2D eigenvalue weighted by Crippen LogP contribution is 2.17. The molecule has 0 N–H and O–H groups in total. The molecule has 0 saturated carbocycles. The molecule has 3 heteroatoms. The first kappa shape index (κ1) is 11.7. The standard InChI is InChI=1S/C14H19N3/c1-3-16(4-2)17-12-10-15(11-13-17)14-8-6-5-7-9-14/h5-13H,3-4H2,1-2H3. The first-order valence-electron chi connectivity index (χ1n) is 6.08. The van der Waals surface area contributed by atoms with E-state index in [0.717, 1.165) is 13.1 Å². The minimum Gasteiger partial charge on any atom is -0.321 e. The van der Waals surface area contributed by atoms with Crippen LogP contribution in [0.2, 0.25) is 0 Å². The van der Waals surface area contributed by atoms with Gasteiger partial charge in [0.15, 0.2) is 0 Å². The van der Waals surface area contributed by atoms with Crippen molar-refractivity contribution in [3.05, 3.63) is 55.1 Å². The maximum atomic E-state index is 2.26. The molecule has 0 spiro atoms. The Morgan fingerprint density at radius 1 is 0.882 bits per heavy atom. The molecule has 0 atom stereocenters. The van der Waals surface area contributed by atoms with Gasteiger partial charge < -0.3 is 4.90 Å². The van der Waals surface area contributed by atoms with Crippen LogP contribution in [0.3, 0.4) is 0 Å². The lowest BCUT2D eigenvalue weighted by molar-refractivity contribution is 0.0805. The van der Waals surface area contributed by atoms with Gasteiger partial charge in [0.25, 0.3) is 0 Å². The Hall–Kier alpha value is -1.74. The Bertz CT molecular complexity index is 379. The lowest BCUT2D eigenvalue weighted by atomic mass is 10.3. The molecule has 0 bridgehead atoms. The number of anilines is 1. The van der Waals surface area contributed by atoms with Crippen molar-refractivity contribution in [2.75, 3.05) is 18.0 Å². The summed E-state index contributed by atoms with van der Waals surface area (Å²) in [4.78, 5) is 2.11. The van der Waals surface area contributed by atoms with E-state index >= 15 is 0 Å². The van der Waals surface area contributed by atoms with Crippen molar-refractivity contribution < 1.29 is 0 Å². The molecule has 0 aliphatic carbocycles. The third-order valence-corrected chi connectivity index (χ3v) is 2.87. The monoisotopic (exact) mass is 229 g/mol. The van der Waals surface area contributed by atoms with Crippen molar-refractivity contribution in [3.8, 4) is 0 Å². The average molecular weight is 229 g/mol. The first-order valence-corrected chi connectivity index (χ1v) is 6.08. The normalized spacial score (nSPS) is 14.8. The molecule has 1 heterocycles. The summed E-state index contributed by atoms with van der Waals surface area (Å²) < 4.78 is 0. The van der Waals surface area contributed by atoms with E-state index in [1.165, 1.54) is 5.69 Å². The summed E-state index contributed by atoms with van der Waals surface area (Å²) in [6.07, 6.45) is 8.32. The number of para-hydroxylation sites is 1. The molecule has 0 radical (unpaired) electrons. The molecular formula is C14H19N3. The molecular weight excluding hydrogens is 210 g/mol. The zero-order valence-corrected chi connectivity index (χ0v) is 10.5. The van der Waals surface area contributed by atoms with Gasteiger partial charge in [0.05, 0.1) is 0 Å². The van der Waals surface area contributed by atoms with Crippen LogP contribution in [0.1, 0.15) is 13.8 Å². The highest BCUT2D eigenvalue weighted by atomic mass is 15.6. The number of rotatable bonds is 4. The van der Waals surface area contributed by atoms with Gasteiger partial charge in [0.1, 0.15) is 0 Å². The van der Waals surface area contributed by atoms with Gasteiger partial charge in [-0.3, -0.25) is 5.01 Å². The van der Waals surface area contributed by atoms with Crippen molar-refractivity contribution >= 4 is 5.69 Å². The maximum absolute atomic E-state index is 2.26. The molecule has 0 amide bonds. The second kappa shape index (κ2) is 5.55. The van der Waals surface area contributed by atoms with E-state index in [1.807, 2.05) is 18.2 Å². The second-order valence-electron chi connectivity index (χ2n) is 3.86. The Kier molecular flexibility index (Phi) is 3.83.